The number of aromatic nitrogens is 2. The van der Waals surface area contributed by atoms with Crippen LogP contribution in [-0.4, -0.2) is 62.8 Å². The molecule has 1 N–H and O–H groups in total. The van der Waals surface area contributed by atoms with E-state index in [1.165, 1.54) is 40.1 Å². The van der Waals surface area contributed by atoms with Crippen molar-refractivity contribution in [1.82, 2.24) is 9.55 Å². The predicted octanol–water partition coefficient (Wildman–Crippen LogP) is 6.80. The highest BCUT2D eigenvalue weighted by atomic mass is 16.6. The number of methoxy groups -OCH3 is 5. The monoisotopic (exact) mass is 697 g/mol. The van der Waals surface area contributed by atoms with Crippen molar-refractivity contribution in [2.45, 2.75) is 33.0 Å². The van der Waals surface area contributed by atoms with Crippen LogP contribution in [0.3, 0.4) is 0 Å². The van der Waals surface area contributed by atoms with Gasteiger partial charge in [-0.05, 0) is 92.6 Å². The van der Waals surface area contributed by atoms with E-state index in [1.54, 1.807) is 81.7 Å². The highest BCUT2D eigenvalue weighted by molar-refractivity contribution is 6.08. The predicted molar refractivity (Wildman–Crippen MR) is 191 cm³/mol. The Labute approximate surface area is 294 Å². The van der Waals surface area contributed by atoms with Gasteiger partial charge in [0.05, 0.1) is 40.9 Å². The van der Waals surface area contributed by atoms with Gasteiger partial charge >= 0.3 is 12.1 Å². The number of pyridine rings is 2. The Kier molecular flexibility index (Phi) is 10.7. The molecule has 0 unspecified atom stereocenters. The fourth-order valence-corrected chi connectivity index (χ4v) is 5.49. The molecule has 13 heteroatoms. The zero-order valence-electron chi connectivity index (χ0n) is 29.6. The van der Waals surface area contributed by atoms with Crippen molar-refractivity contribution in [3.8, 4) is 45.6 Å². The van der Waals surface area contributed by atoms with Gasteiger partial charge in [-0.15, -0.1) is 0 Å². The number of hydrogen-bond acceptors (Lipinski definition) is 11. The maximum Gasteiger partial charge on any atom is 0.412 e. The van der Waals surface area contributed by atoms with Crippen LogP contribution in [0, 0.1) is 0 Å². The minimum atomic E-state index is -0.800. The molecular weight excluding hydrogens is 658 g/mol. The molecule has 51 heavy (non-hydrogen) atoms. The number of carbonyl (C=O) groups excluding carboxylic acids is 2. The molecule has 0 aliphatic carbocycles. The average molecular weight is 698 g/mol. The largest absolute Gasteiger partial charge is 0.493 e. The molecule has 0 aliphatic rings. The van der Waals surface area contributed by atoms with Crippen LogP contribution in [0.15, 0.2) is 77.9 Å². The van der Waals surface area contributed by atoms with Gasteiger partial charge in [-0.2, -0.15) is 0 Å². The summed E-state index contributed by atoms with van der Waals surface area (Å²) >= 11 is 0. The van der Waals surface area contributed by atoms with Crippen LogP contribution in [-0.2, 0) is 16.1 Å². The molecule has 0 bridgehead atoms. The van der Waals surface area contributed by atoms with E-state index in [1.807, 2.05) is 12.1 Å². The first-order chi connectivity index (χ1) is 24.4. The van der Waals surface area contributed by atoms with Crippen molar-refractivity contribution < 1.29 is 42.7 Å². The Balaban J connectivity index is 1.82. The van der Waals surface area contributed by atoms with Crippen molar-refractivity contribution in [3.63, 3.8) is 0 Å². The lowest BCUT2D eigenvalue weighted by atomic mass is 9.95. The number of esters is 1. The standard InChI is InChI=1S/C38H39N3O10/c1-38(2,3)51-37(44)40-24-9-11-25(12-10-24)41-33(36(43)49-8)32(23-17-30(46-5)34(48-7)31(18-23)47-6)26-19-28(45-4)29(20-27(26)35(41)42)50-21-22-13-15-39-16-14-22/h9-20H,21H2,1-8H3,(H,40,44). The van der Waals surface area contributed by atoms with Crippen molar-refractivity contribution in [2.24, 2.45) is 0 Å². The lowest BCUT2D eigenvalue weighted by molar-refractivity contribution is 0.0589. The first-order valence-corrected chi connectivity index (χ1v) is 15.7. The summed E-state index contributed by atoms with van der Waals surface area (Å²) in [6.45, 7) is 5.44. The van der Waals surface area contributed by atoms with E-state index in [-0.39, 0.29) is 17.7 Å². The van der Waals surface area contributed by atoms with Gasteiger partial charge in [0, 0.05) is 34.7 Å². The SMILES string of the molecule is COC(=O)c1c(-c2cc(OC)c(OC)c(OC)c2)c2cc(OC)c(OCc3ccncc3)cc2c(=O)n1-c1ccc(NC(=O)OC(C)(C)C)cc1. The van der Waals surface area contributed by atoms with E-state index in [0.717, 1.165) is 5.56 Å². The minimum absolute atomic E-state index is 0.0929. The van der Waals surface area contributed by atoms with E-state index in [2.05, 4.69) is 10.3 Å². The fourth-order valence-electron chi connectivity index (χ4n) is 5.49. The zero-order chi connectivity index (χ0) is 36.9. The molecule has 2 aromatic heterocycles. The van der Waals surface area contributed by atoms with Crippen LogP contribution < -0.4 is 34.6 Å². The molecule has 5 rings (SSSR count). The number of benzene rings is 3. The van der Waals surface area contributed by atoms with Gasteiger partial charge in [0.15, 0.2) is 23.0 Å². The molecule has 0 fully saturated rings. The average Bonchev–Trinajstić information content (AvgIpc) is 3.12. The summed E-state index contributed by atoms with van der Waals surface area (Å²) in [6, 6.07) is 16.6. The summed E-state index contributed by atoms with van der Waals surface area (Å²) < 4.78 is 40.7. The first-order valence-electron chi connectivity index (χ1n) is 15.7. The second-order valence-corrected chi connectivity index (χ2v) is 12.1. The Morgan fingerprint density at radius 3 is 1.92 bits per heavy atom. The van der Waals surface area contributed by atoms with Gasteiger partial charge in [-0.3, -0.25) is 19.7 Å². The minimum Gasteiger partial charge on any atom is -0.493 e. The summed E-state index contributed by atoms with van der Waals surface area (Å²) in [5.74, 6) is 0.773. The third-order valence-corrected chi connectivity index (χ3v) is 7.71. The number of fused-ring (bicyclic) bond motifs is 1. The third kappa shape index (κ3) is 7.67. The fraction of sp³-hybridized carbons (Fsp3) is 0.263. The molecule has 0 aliphatic heterocycles. The highest BCUT2D eigenvalue weighted by Gasteiger charge is 2.28. The summed E-state index contributed by atoms with van der Waals surface area (Å²) in [6.07, 6.45) is 2.66. The molecule has 0 saturated carbocycles. The number of rotatable bonds is 11. The van der Waals surface area contributed by atoms with Crippen molar-refractivity contribution >= 4 is 28.5 Å². The number of amides is 1. The second-order valence-electron chi connectivity index (χ2n) is 12.1. The summed E-state index contributed by atoms with van der Waals surface area (Å²) in [5, 5.41) is 3.24. The van der Waals surface area contributed by atoms with Gasteiger partial charge in [-0.1, -0.05) is 0 Å². The third-order valence-electron chi connectivity index (χ3n) is 7.71. The lowest BCUT2D eigenvalue weighted by Gasteiger charge is -2.22. The molecule has 266 valence electrons. The number of nitrogens with one attached hydrogen (secondary N) is 1. The van der Waals surface area contributed by atoms with Crippen molar-refractivity contribution in [1.29, 1.82) is 0 Å². The molecule has 0 saturated heterocycles. The molecule has 0 spiro atoms. The lowest BCUT2D eigenvalue weighted by Crippen LogP contribution is -2.27. The number of nitrogens with zero attached hydrogens (tertiary/aromatic N) is 2. The van der Waals surface area contributed by atoms with Crippen LogP contribution in [0.1, 0.15) is 36.8 Å². The maximum atomic E-state index is 14.6. The van der Waals surface area contributed by atoms with E-state index < -0.39 is 23.2 Å². The number of anilines is 1. The van der Waals surface area contributed by atoms with Gasteiger partial charge in [0.2, 0.25) is 5.75 Å². The summed E-state index contributed by atoms with van der Waals surface area (Å²) in [7, 11) is 7.14. The number of carbonyl (C=O) groups is 2. The van der Waals surface area contributed by atoms with Crippen LogP contribution in [0.25, 0.3) is 27.6 Å². The van der Waals surface area contributed by atoms with E-state index in [4.69, 9.17) is 33.2 Å². The van der Waals surface area contributed by atoms with Crippen LogP contribution in [0.2, 0.25) is 0 Å². The van der Waals surface area contributed by atoms with Gasteiger partial charge in [-0.25, -0.2) is 9.59 Å². The maximum absolute atomic E-state index is 14.6. The molecule has 3 aromatic carbocycles. The molecule has 13 nitrogen and oxygen atoms in total. The molecule has 1 amide bonds. The Hall–Kier alpha value is -6.24. The van der Waals surface area contributed by atoms with Crippen LogP contribution in [0.4, 0.5) is 10.5 Å². The quantitative estimate of drug-likeness (QED) is 0.145. The number of hydrogen-bond donors (Lipinski definition) is 1. The van der Waals surface area contributed by atoms with Gasteiger partial charge in [0.1, 0.15) is 17.9 Å². The van der Waals surface area contributed by atoms with Crippen LogP contribution in [0.5, 0.6) is 28.7 Å². The Morgan fingerprint density at radius 1 is 0.765 bits per heavy atom. The highest BCUT2D eigenvalue weighted by Crippen LogP contribution is 2.45. The van der Waals surface area contributed by atoms with Crippen LogP contribution >= 0.6 is 0 Å². The molecule has 0 atom stereocenters. The Bertz CT molecular complexity index is 2100. The normalized spacial score (nSPS) is 11.1. The van der Waals surface area contributed by atoms with Crippen molar-refractivity contribution in [2.75, 3.05) is 40.9 Å². The van der Waals surface area contributed by atoms with Gasteiger partial charge in [0.25, 0.3) is 5.56 Å². The molecule has 0 radical (unpaired) electrons. The molecule has 2 heterocycles. The topological polar surface area (TPSA) is 146 Å². The molecular formula is C38H39N3O10. The smallest absolute Gasteiger partial charge is 0.412 e. The van der Waals surface area contributed by atoms with Crippen molar-refractivity contribution in [3.05, 3.63) is 94.7 Å². The second kappa shape index (κ2) is 15.1. The zero-order valence-corrected chi connectivity index (χ0v) is 29.6. The Morgan fingerprint density at radius 2 is 1.37 bits per heavy atom. The summed E-state index contributed by atoms with van der Waals surface area (Å²) in [4.78, 5) is 45.0. The summed E-state index contributed by atoms with van der Waals surface area (Å²) in [5.41, 5.74) is 0.970. The van der Waals surface area contributed by atoms with E-state index >= 15 is 0 Å². The van der Waals surface area contributed by atoms with E-state index in [0.29, 0.717) is 56.6 Å². The van der Waals surface area contributed by atoms with E-state index in [9.17, 15) is 14.4 Å². The van der Waals surface area contributed by atoms with Gasteiger partial charge < -0.3 is 33.2 Å². The molecule has 5 aromatic rings. The number of ether oxygens (including phenoxy) is 7. The first kappa shape index (κ1) is 36.1.